The molecule has 42 heavy (non-hydrogen) atoms. The topological polar surface area (TPSA) is 93.0 Å². The number of aromatic nitrogens is 1. The van der Waals surface area contributed by atoms with Crippen molar-refractivity contribution in [2.24, 2.45) is 5.92 Å². The first-order valence-corrected chi connectivity index (χ1v) is 14.8. The number of benzene rings is 1. The Kier molecular flexibility index (Phi) is 7.36. The summed E-state index contributed by atoms with van der Waals surface area (Å²) in [7, 11) is 0. The van der Waals surface area contributed by atoms with E-state index in [0.29, 0.717) is 32.0 Å². The number of hydrogen-bond acceptors (Lipinski definition) is 7. The second-order valence-corrected chi connectivity index (χ2v) is 12.5. The molecule has 220 valence electrons. The molecule has 0 saturated carbocycles. The van der Waals surface area contributed by atoms with E-state index in [-0.39, 0.29) is 58.0 Å². The summed E-state index contributed by atoms with van der Waals surface area (Å²) in [6.45, 7) is 11.1. The van der Waals surface area contributed by atoms with Crippen LogP contribution in [0.3, 0.4) is 0 Å². The van der Waals surface area contributed by atoms with Gasteiger partial charge < -0.3 is 19.4 Å². The molecule has 2 amide bonds. The van der Waals surface area contributed by atoms with Crippen molar-refractivity contribution in [3.63, 3.8) is 0 Å². The number of hydrogen-bond donors (Lipinski definition) is 0. The van der Waals surface area contributed by atoms with Gasteiger partial charge in [0.25, 0.3) is 5.91 Å². The third-order valence-electron chi connectivity index (χ3n) is 9.10. The number of amides is 2. The van der Waals surface area contributed by atoms with Crippen LogP contribution in [0.2, 0.25) is 5.02 Å². The van der Waals surface area contributed by atoms with Crippen LogP contribution in [0.4, 0.5) is 10.2 Å². The van der Waals surface area contributed by atoms with Crippen molar-refractivity contribution in [2.45, 2.75) is 44.3 Å². The first-order valence-electron chi connectivity index (χ1n) is 14.4. The summed E-state index contributed by atoms with van der Waals surface area (Å²) >= 11 is 6.92. The van der Waals surface area contributed by atoms with Gasteiger partial charge in [-0.25, -0.2) is 9.37 Å². The molecular formula is C31H34ClFN6O3. The van der Waals surface area contributed by atoms with E-state index in [2.05, 4.69) is 36.3 Å². The lowest BCUT2D eigenvalue weighted by atomic mass is 9.98. The van der Waals surface area contributed by atoms with Crippen molar-refractivity contribution in [1.82, 2.24) is 19.7 Å². The minimum absolute atomic E-state index is 0.0123. The van der Waals surface area contributed by atoms with Crippen LogP contribution < -0.4 is 9.64 Å². The molecular weight excluding hydrogens is 559 g/mol. The van der Waals surface area contributed by atoms with Crippen molar-refractivity contribution in [3.8, 4) is 23.1 Å². The van der Waals surface area contributed by atoms with E-state index in [4.69, 9.17) is 21.3 Å². The fourth-order valence-corrected chi connectivity index (χ4v) is 7.15. The monoisotopic (exact) mass is 592 g/mol. The average molecular weight is 593 g/mol. The zero-order chi connectivity index (χ0) is 29.8. The molecule has 11 heteroatoms. The van der Waals surface area contributed by atoms with Gasteiger partial charge in [0, 0.05) is 49.9 Å². The standard InChI is InChI=1S/C31H34ClFN6O3/c1-4-24(40)37-11-12-38-21(16-37)18-42-28-25(30(38)41)29(35-27(26(28)32)22-7-5-6-8-23(22)33)39-17-20(13-31(39,2)3)36-10-9-19(14-34)15-36/h4-8,19-21H,1,9-13,15-18H2,2-3H3. The summed E-state index contributed by atoms with van der Waals surface area (Å²) in [5.41, 5.74) is 0.287. The molecule has 1 aromatic heterocycles. The minimum Gasteiger partial charge on any atom is -0.489 e. The second kappa shape index (κ2) is 10.9. The second-order valence-electron chi connectivity index (χ2n) is 12.1. The molecule has 3 atom stereocenters. The van der Waals surface area contributed by atoms with Gasteiger partial charge >= 0.3 is 0 Å². The molecule has 0 spiro atoms. The Hall–Kier alpha value is -3.68. The van der Waals surface area contributed by atoms with Gasteiger partial charge in [-0.15, -0.1) is 0 Å². The molecule has 1 aromatic carbocycles. The lowest BCUT2D eigenvalue weighted by Gasteiger charge is -2.40. The predicted octanol–water partition coefficient (Wildman–Crippen LogP) is 3.98. The lowest BCUT2D eigenvalue weighted by molar-refractivity contribution is -0.128. The Morgan fingerprint density at radius 3 is 2.71 bits per heavy atom. The van der Waals surface area contributed by atoms with Gasteiger partial charge in [0.05, 0.1) is 23.7 Å². The Labute approximate surface area is 250 Å². The Morgan fingerprint density at radius 1 is 1.21 bits per heavy atom. The maximum Gasteiger partial charge on any atom is 0.261 e. The number of piperazine rings is 1. The van der Waals surface area contributed by atoms with E-state index in [1.807, 2.05) is 0 Å². The minimum atomic E-state index is -0.480. The number of likely N-dealkylation sites (tertiary alicyclic amines) is 1. The fraction of sp³-hybridized carbons (Fsp3) is 0.484. The van der Waals surface area contributed by atoms with E-state index >= 15 is 4.39 Å². The molecule has 4 aliphatic heterocycles. The van der Waals surface area contributed by atoms with E-state index in [9.17, 15) is 14.9 Å². The van der Waals surface area contributed by atoms with Crippen LogP contribution in [0.15, 0.2) is 36.9 Å². The molecule has 6 rings (SSSR count). The predicted molar refractivity (Wildman–Crippen MR) is 157 cm³/mol. The fourth-order valence-electron chi connectivity index (χ4n) is 6.85. The average Bonchev–Trinajstić information content (AvgIpc) is 3.55. The summed E-state index contributed by atoms with van der Waals surface area (Å²) in [4.78, 5) is 39.6. The third kappa shape index (κ3) is 4.78. The molecule has 3 saturated heterocycles. The number of anilines is 1. The zero-order valence-corrected chi connectivity index (χ0v) is 24.6. The van der Waals surface area contributed by atoms with Crippen LogP contribution in [-0.4, -0.2) is 95.0 Å². The van der Waals surface area contributed by atoms with Gasteiger partial charge in [0.1, 0.15) is 28.8 Å². The van der Waals surface area contributed by atoms with Gasteiger partial charge in [-0.05, 0) is 51.4 Å². The van der Waals surface area contributed by atoms with E-state index in [1.54, 1.807) is 28.0 Å². The van der Waals surface area contributed by atoms with Crippen molar-refractivity contribution in [3.05, 3.63) is 53.3 Å². The molecule has 9 nitrogen and oxygen atoms in total. The Bertz CT molecular complexity index is 1490. The maximum absolute atomic E-state index is 15.1. The number of nitriles is 1. The number of fused-ring (bicyclic) bond motifs is 2. The highest BCUT2D eigenvalue weighted by atomic mass is 35.5. The van der Waals surface area contributed by atoms with Crippen molar-refractivity contribution >= 4 is 29.2 Å². The molecule has 0 bridgehead atoms. The van der Waals surface area contributed by atoms with E-state index in [0.717, 1.165) is 25.9 Å². The summed E-state index contributed by atoms with van der Waals surface area (Å²) in [5.74, 6) is -0.341. The maximum atomic E-state index is 15.1. The van der Waals surface area contributed by atoms with Crippen LogP contribution in [0.1, 0.15) is 37.0 Å². The summed E-state index contributed by atoms with van der Waals surface area (Å²) in [6.07, 6.45) is 2.92. The summed E-state index contributed by atoms with van der Waals surface area (Å²) < 4.78 is 21.4. The van der Waals surface area contributed by atoms with Gasteiger partial charge in [0.2, 0.25) is 5.91 Å². The molecule has 0 radical (unpaired) electrons. The van der Waals surface area contributed by atoms with Crippen LogP contribution in [0.5, 0.6) is 5.75 Å². The number of ether oxygens (including phenoxy) is 1. The first kappa shape index (κ1) is 28.4. The van der Waals surface area contributed by atoms with Crippen molar-refractivity contribution in [2.75, 3.05) is 50.8 Å². The van der Waals surface area contributed by atoms with Gasteiger partial charge in [-0.2, -0.15) is 5.26 Å². The number of rotatable bonds is 4. The highest BCUT2D eigenvalue weighted by Crippen LogP contribution is 2.47. The van der Waals surface area contributed by atoms with E-state index < -0.39 is 17.4 Å². The molecule has 0 N–H and O–H groups in total. The highest BCUT2D eigenvalue weighted by molar-refractivity contribution is 6.35. The Morgan fingerprint density at radius 2 is 2.00 bits per heavy atom. The SMILES string of the molecule is C=CC(=O)N1CCN2C(=O)c3c(N4CC(N5CCC(C#N)C5)CC4(C)C)nc(-c4ccccc4F)c(Cl)c3OCC2C1. The van der Waals surface area contributed by atoms with Crippen LogP contribution in [0.25, 0.3) is 11.3 Å². The van der Waals surface area contributed by atoms with Crippen molar-refractivity contribution in [1.29, 1.82) is 5.26 Å². The van der Waals surface area contributed by atoms with Crippen LogP contribution in [0, 0.1) is 23.1 Å². The first-order chi connectivity index (χ1) is 20.1. The molecule has 3 fully saturated rings. The van der Waals surface area contributed by atoms with Gasteiger partial charge in [0.15, 0.2) is 5.75 Å². The molecule has 5 heterocycles. The molecule has 4 aliphatic rings. The smallest absolute Gasteiger partial charge is 0.261 e. The number of nitrogens with zero attached hydrogens (tertiary/aromatic N) is 6. The Balaban J connectivity index is 1.46. The number of carbonyl (C=O) groups is 2. The normalized spacial score (nSPS) is 25.4. The summed E-state index contributed by atoms with van der Waals surface area (Å²) in [6, 6.07) is 8.45. The largest absolute Gasteiger partial charge is 0.489 e. The molecule has 0 aliphatic carbocycles. The van der Waals surface area contributed by atoms with Crippen LogP contribution >= 0.6 is 11.6 Å². The van der Waals surface area contributed by atoms with Gasteiger partial charge in [-0.3, -0.25) is 14.5 Å². The lowest BCUT2D eigenvalue weighted by Crippen LogP contribution is -2.57. The quantitative estimate of drug-likeness (QED) is 0.496. The number of carbonyl (C=O) groups excluding carboxylic acids is 2. The molecule has 2 aromatic rings. The highest BCUT2D eigenvalue weighted by Gasteiger charge is 2.47. The summed E-state index contributed by atoms with van der Waals surface area (Å²) in [5, 5.41) is 9.55. The molecule has 3 unspecified atom stereocenters. The third-order valence-corrected chi connectivity index (χ3v) is 9.45. The number of pyridine rings is 1. The van der Waals surface area contributed by atoms with Crippen molar-refractivity contribution < 1.29 is 18.7 Å². The van der Waals surface area contributed by atoms with E-state index in [1.165, 1.54) is 12.1 Å². The van der Waals surface area contributed by atoms with Crippen LogP contribution in [-0.2, 0) is 4.79 Å². The van der Waals surface area contributed by atoms with Gasteiger partial charge in [-0.1, -0.05) is 30.3 Å². The number of halogens is 2. The zero-order valence-electron chi connectivity index (χ0n) is 23.9.